The number of aliphatic hydroxyl groups is 1. The smallest absolute Gasteiger partial charge is 0.321 e. The Morgan fingerprint density at radius 3 is 2.27 bits per heavy atom. The van der Waals surface area contributed by atoms with Gasteiger partial charge in [-0.05, 0) is 67.7 Å². The predicted octanol–water partition coefficient (Wildman–Crippen LogP) is 3.23. The zero-order valence-corrected chi connectivity index (χ0v) is 24.1. The van der Waals surface area contributed by atoms with Crippen LogP contribution in [0.3, 0.4) is 0 Å². The van der Waals surface area contributed by atoms with Crippen LogP contribution in [0.1, 0.15) is 81.7 Å². The third-order valence-corrected chi connectivity index (χ3v) is 9.35. The van der Waals surface area contributed by atoms with Crippen molar-refractivity contribution in [2.75, 3.05) is 7.11 Å². The van der Waals surface area contributed by atoms with Gasteiger partial charge in [-0.25, -0.2) is 0 Å². The summed E-state index contributed by atoms with van der Waals surface area (Å²) in [5.74, 6) is -1.68. The van der Waals surface area contributed by atoms with Crippen LogP contribution in [0.15, 0.2) is 11.4 Å². The lowest BCUT2D eigenvalue weighted by atomic mass is 9.89. The van der Waals surface area contributed by atoms with Gasteiger partial charge in [0, 0.05) is 67.7 Å². The van der Waals surface area contributed by atoms with Crippen molar-refractivity contribution in [3.05, 3.63) is 78.2 Å². The second-order valence-electron chi connectivity index (χ2n) is 11.3. The van der Waals surface area contributed by atoms with Crippen LogP contribution in [0.4, 0.5) is 0 Å². The SMILES string of the molecule is CCc1c(C)/c2[nH]/c1=C\c1[nH]c3c(c1C)C(=O)[C@H](C(=O)OC)/C3=C1/N/C(=C\c3[nH]c(c(CO)c3C)\C=2)[C@@H](C)[C@@H]1C. The molecule has 3 aliphatic rings. The molecule has 208 valence electrons. The van der Waals surface area contributed by atoms with Crippen molar-refractivity contribution in [1.82, 2.24) is 20.3 Å². The summed E-state index contributed by atoms with van der Waals surface area (Å²) in [4.78, 5) is 37.5. The fraction of sp³-hybridized carbons (Fsp3) is 0.375. The third kappa shape index (κ3) is 3.55. The average molecular weight is 541 g/mol. The molecule has 0 saturated carbocycles. The maximum absolute atomic E-state index is 13.8. The second-order valence-corrected chi connectivity index (χ2v) is 11.3. The number of aromatic amines is 3. The number of Topliss-reactive ketones (excluding diaryl/α,β-unsaturated/α-hetero) is 1. The van der Waals surface area contributed by atoms with Crippen LogP contribution in [0.5, 0.6) is 0 Å². The van der Waals surface area contributed by atoms with Crippen LogP contribution >= 0.6 is 0 Å². The lowest BCUT2D eigenvalue weighted by Gasteiger charge is -2.16. The van der Waals surface area contributed by atoms with Crippen LogP contribution in [0.25, 0.3) is 23.8 Å². The number of ether oxygens (including phenoxy) is 1. The van der Waals surface area contributed by atoms with Gasteiger partial charge in [-0.2, -0.15) is 0 Å². The molecular weight excluding hydrogens is 504 g/mol. The van der Waals surface area contributed by atoms with Crippen molar-refractivity contribution < 1.29 is 19.4 Å². The second kappa shape index (κ2) is 9.27. The van der Waals surface area contributed by atoms with Crippen LogP contribution in [-0.2, 0) is 22.6 Å². The first-order valence-corrected chi connectivity index (χ1v) is 13.9. The Bertz CT molecular complexity index is 1790. The maximum atomic E-state index is 13.8. The van der Waals surface area contributed by atoms with Crippen LogP contribution < -0.4 is 16.0 Å². The number of nitrogens with one attached hydrogen (secondary N) is 4. The van der Waals surface area contributed by atoms with Crippen molar-refractivity contribution in [1.29, 1.82) is 0 Å². The number of ketones is 1. The summed E-state index contributed by atoms with van der Waals surface area (Å²) in [6.07, 6.45) is 7.04. The monoisotopic (exact) mass is 540 g/mol. The van der Waals surface area contributed by atoms with Gasteiger partial charge in [-0.3, -0.25) is 9.59 Å². The molecule has 0 unspecified atom stereocenters. The minimum absolute atomic E-state index is 0.0253. The Labute approximate surface area is 232 Å². The largest absolute Gasteiger partial charge is 0.468 e. The van der Waals surface area contributed by atoms with E-state index in [0.29, 0.717) is 16.8 Å². The summed E-state index contributed by atoms with van der Waals surface area (Å²) in [5, 5.41) is 15.8. The standard InChI is InChI=1S/C32H36N4O4/c1-8-18-15(4)22-10-25-19(12-37)16(5)21(34-25)9-20-13(2)14(3)29(35-20)27-28(32(39)40-7)31(38)26-17(6)23(36-30(26)27)11-24(18)33-22/h9-11,13-14,28,33-37H,8,12H2,1-7H3/b20-9-,22-10-,24-11-,29-27-/t13-,14-,28+/m0/s1. The number of aromatic nitrogens is 3. The first-order valence-electron chi connectivity index (χ1n) is 13.9. The summed E-state index contributed by atoms with van der Waals surface area (Å²) < 4.78 is 5.13. The fourth-order valence-electron chi connectivity index (χ4n) is 6.70. The molecule has 8 nitrogen and oxygen atoms in total. The van der Waals surface area contributed by atoms with Crippen molar-refractivity contribution >= 4 is 35.6 Å². The highest BCUT2D eigenvalue weighted by Gasteiger charge is 2.47. The number of esters is 1. The molecule has 5 heterocycles. The van der Waals surface area contributed by atoms with Gasteiger partial charge < -0.3 is 30.1 Å². The van der Waals surface area contributed by atoms with E-state index in [2.05, 4.69) is 66.2 Å². The first-order chi connectivity index (χ1) is 19.1. The van der Waals surface area contributed by atoms with Gasteiger partial charge in [0.15, 0.2) is 5.78 Å². The molecule has 8 bridgehead atoms. The Balaban J connectivity index is 1.74. The van der Waals surface area contributed by atoms with Crippen molar-refractivity contribution in [3.8, 4) is 0 Å². The highest BCUT2D eigenvalue weighted by Crippen LogP contribution is 2.47. The van der Waals surface area contributed by atoms with Gasteiger partial charge in [0.2, 0.25) is 0 Å². The maximum Gasteiger partial charge on any atom is 0.321 e. The number of carbonyl (C=O) groups excluding carboxylic acids is 2. The summed E-state index contributed by atoms with van der Waals surface area (Å²) in [6.45, 7) is 12.3. The lowest BCUT2D eigenvalue weighted by molar-refractivity contribution is -0.141. The molecule has 40 heavy (non-hydrogen) atoms. The van der Waals surface area contributed by atoms with E-state index < -0.39 is 11.9 Å². The lowest BCUT2D eigenvalue weighted by Crippen LogP contribution is -2.24. The van der Waals surface area contributed by atoms with Gasteiger partial charge >= 0.3 is 5.97 Å². The van der Waals surface area contributed by atoms with E-state index in [4.69, 9.17) is 4.74 Å². The van der Waals surface area contributed by atoms with Gasteiger partial charge in [-0.1, -0.05) is 20.8 Å². The van der Waals surface area contributed by atoms with Crippen molar-refractivity contribution in [2.45, 2.75) is 54.6 Å². The predicted molar refractivity (Wildman–Crippen MR) is 154 cm³/mol. The van der Waals surface area contributed by atoms with Gasteiger partial charge in [0.1, 0.15) is 5.92 Å². The van der Waals surface area contributed by atoms with Crippen LogP contribution in [0, 0.1) is 38.5 Å². The van der Waals surface area contributed by atoms with E-state index in [9.17, 15) is 14.7 Å². The first kappa shape index (κ1) is 26.2. The molecule has 0 amide bonds. The minimum Gasteiger partial charge on any atom is -0.468 e. The summed E-state index contributed by atoms with van der Waals surface area (Å²) in [6, 6.07) is 0. The number of rotatable bonds is 3. The topological polar surface area (TPSA) is 123 Å². The van der Waals surface area contributed by atoms with Crippen molar-refractivity contribution in [2.24, 2.45) is 17.8 Å². The molecule has 0 radical (unpaired) electrons. The van der Waals surface area contributed by atoms with Gasteiger partial charge in [-0.15, -0.1) is 0 Å². The molecule has 1 saturated heterocycles. The fourth-order valence-corrected chi connectivity index (χ4v) is 6.70. The molecule has 6 rings (SSSR count). The molecule has 8 heteroatoms. The minimum atomic E-state index is -1.02. The number of hydrogen-bond acceptors (Lipinski definition) is 5. The number of carbonyl (C=O) groups is 2. The highest BCUT2D eigenvalue weighted by molar-refractivity contribution is 6.24. The van der Waals surface area contributed by atoms with E-state index >= 15 is 0 Å². The van der Waals surface area contributed by atoms with Crippen LogP contribution in [-0.4, -0.2) is 38.9 Å². The Morgan fingerprint density at radius 1 is 0.900 bits per heavy atom. The van der Waals surface area contributed by atoms with Crippen LogP contribution in [0.2, 0.25) is 0 Å². The molecule has 0 aromatic carbocycles. The van der Waals surface area contributed by atoms with Gasteiger partial charge in [0.25, 0.3) is 0 Å². The number of H-pyrrole nitrogens is 3. The molecule has 1 aliphatic carbocycles. The van der Waals surface area contributed by atoms with E-state index in [-0.39, 0.29) is 24.2 Å². The average Bonchev–Trinajstić information content (AvgIpc) is 3.66. The number of aliphatic hydroxyl groups excluding tert-OH is 1. The molecular formula is C32H36N4O4. The molecule has 3 aromatic rings. The number of fused-ring (bicyclic) bond motifs is 7. The number of methoxy groups -OCH3 is 1. The molecule has 3 aromatic heterocycles. The summed E-state index contributed by atoms with van der Waals surface area (Å²) >= 11 is 0. The Hall–Kier alpha value is -4.04. The molecule has 2 aliphatic heterocycles. The Morgan fingerprint density at radius 2 is 1.60 bits per heavy atom. The molecule has 5 N–H and O–H groups in total. The summed E-state index contributed by atoms with van der Waals surface area (Å²) in [5.41, 5.74) is 11.3. The van der Waals surface area contributed by atoms with E-state index in [1.54, 1.807) is 0 Å². The Kier molecular flexibility index (Phi) is 6.07. The molecule has 1 fully saturated rings. The zero-order chi connectivity index (χ0) is 28.6. The quantitative estimate of drug-likeness (QED) is 0.258. The number of hydrogen-bond donors (Lipinski definition) is 5. The summed E-state index contributed by atoms with van der Waals surface area (Å²) in [7, 11) is 1.33. The molecule has 0 spiro atoms. The number of allylic oxidation sites excluding steroid dienone is 2. The molecule has 3 atom stereocenters. The van der Waals surface area contributed by atoms with E-state index in [1.165, 1.54) is 12.7 Å². The zero-order valence-electron chi connectivity index (χ0n) is 24.1. The van der Waals surface area contributed by atoms with E-state index in [1.807, 2.05) is 13.8 Å². The van der Waals surface area contributed by atoms with Gasteiger partial charge in [0.05, 0.1) is 19.4 Å². The third-order valence-electron chi connectivity index (χ3n) is 9.35. The normalized spacial score (nSPS) is 26.1. The van der Waals surface area contributed by atoms with Crippen molar-refractivity contribution in [3.63, 3.8) is 0 Å². The highest BCUT2D eigenvalue weighted by atomic mass is 16.5. The van der Waals surface area contributed by atoms with E-state index in [0.717, 1.165) is 67.8 Å².